The summed E-state index contributed by atoms with van der Waals surface area (Å²) >= 11 is 0. The first-order valence-corrected chi connectivity index (χ1v) is 7.47. The van der Waals surface area contributed by atoms with Gasteiger partial charge in [-0.25, -0.2) is 0 Å². The maximum absolute atomic E-state index is 12.2. The number of hydrogen-bond donors (Lipinski definition) is 0. The fraction of sp³-hybridized carbons (Fsp3) is 0.500. The van der Waals surface area contributed by atoms with E-state index in [1.807, 2.05) is 36.4 Å². The predicted molar refractivity (Wildman–Crippen MR) is 82.5 cm³/mol. The number of benzene rings is 1. The number of Topliss-reactive ketones (excluding diaryl/α,β-unsaturated/α-hetero) is 1. The number of hydrogen-bond acceptors (Lipinski definition) is 1. The molecule has 1 rings (SSSR count). The number of carbonyl (C=O) groups is 1. The Morgan fingerprint density at radius 2 is 1.89 bits per heavy atom. The third-order valence-electron chi connectivity index (χ3n) is 3.56. The molecule has 0 heterocycles. The number of rotatable bonds is 10. The highest BCUT2D eigenvalue weighted by Crippen LogP contribution is 2.22. The molecule has 0 aliphatic rings. The van der Waals surface area contributed by atoms with Gasteiger partial charge in [-0.05, 0) is 25.2 Å². The summed E-state index contributed by atoms with van der Waals surface area (Å²) in [6.07, 6.45) is 9.62. The van der Waals surface area contributed by atoms with Crippen molar-refractivity contribution in [2.45, 2.75) is 51.9 Å². The molecule has 1 atom stereocenters. The van der Waals surface area contributed by atoms with E-state index >= 15 is 0 Å². The van der Waals surface area contributed by atoms with Crippen LogP contribution in [0.4, 0.5) is 0 Å². The van der Waals surface area contributed by atoms with Crippen molar-refractivity contribution >= 4 is 5.78 Å². The van der Waals surface area contributed by atoms with E-state index in [1.165, 1.54) is 19.3 Å². The number of allylic oxidation sites excluding steroid dienone is 1. The van der Waals surface area contributed by atoms with Crippen molar-refractivity contribution in [2.75, 3.05) is 0 Å². The summed E-state index contributed by atoms with van der Waals surface area (Å²) in [6, 6.07) is 9.67. The van der Waals surface area contributed by atoms with Crippen LogP contribution >= 0.6 is 0 Å². The molecule has 0 fully saturated rings. The number of carbonyl (C=O) groups excluding carboxylic acids is 1. The Morgan fingerprint density at radius 3 is 2.53 bits per heavy atom. The highest BCUT2D eigenvalue weighted by atomic mass is 16.1. The molecule has 0 aliphatic carbocycles. The minimum atomic E-state index is 0.292. The lowest BCUT2D eigenvalue weighted by Gasteiger charge is -2.15. The lowest BCUT2D eigenvalue weighted by Crippen LogP contribution is -2.09. The SMILES string of the molecule is C=CCCCC(CCCC)CC(=O)c1ccccc1. The van der Waals surface area contributed by atoms with Gasteiger partial charge in [0.1, 0.15) is 0 Å². The van der Waals surface area contributed by atoms with Gasteiger partial charge < -0.3 is 0 Å². The van der Waals surface area contributed by atoms with E-state index < -0.39 is 0 Å². The van der Waals surface area contributed by atoms with Crippen LogP contribution in [-0.4, -0.2) is 5.78 Å². The lowest BCUT2D eigenvalue weighted by atomic mass is 9.89. The van der Waals surface area contributed by atoms with Crippen LogP contribution in [0, 0.1) is 5.92 Å². The Balaban J connectivity index is 2.50. The van der Waals surface area contributed by atoms with Crippen LogP contribution in [0.5, 0.6) is 0 Å². The molecule has 104 valence electrons. The number of ketones is 1. The fourth-order valence-electron chi connectivity index (χ4n) is 2.40. The minimum absolute atomic E-state index is 0.292. The summed E-state index contributed by atoms with van der Waals surface area (Å²) in [4.78, 5) is 12.2. The molecular formula is C18H26O. The molecule has 0 radical (unpaired) electrons. The van der Waals surface area contributed by atoms with Crippen LogP contribution in [0.2, 0.25) is 0 Å². The quantitative estimate of drug-likeness (QED) is 0.311. The maximum atomic E-state index is 12.2. The molecule has 0 bridgehead atoms. The molecule has 0 saturated heterocycles. The molecule has 19 heavy (non-hydrogen) atoms. The Labute approximate surface area is 117 Å². The van der Waals surface area contributed by atoms with Gasteiger partial charge >= 0.3 is 0 Å². The Morgan fingerprint density at radius 1 is 1.21 bits per heavy atom. The van der Waals surface area contributed by atoms with Gasteiger partial charge in [0, 0.05) is 12.0 Å². The van der Waals surface area contributed by atoms with Crippen molar-refractivity contribution in [3.63, 3.8) is 0 Å². The highest BCUT2D eigenvalue weighted by molar-refractivity contribution is 5.96. The highest BCUT2D eigenvalue weighted by Gasteiger charge is 2.14. The van der Waals surface area contributed by atoms with Gasteiger partial charge in [-0.15, -0.1) is 6.58 Å². The van der Waals surface area contributed by atoms with Crippen molar-refractivity contribution < 1.29 is 4.79 Å². The fourth-order valence-corrected chi connectivity index (χ4v) is 2.40. The summed E-state index contributed by atoms with van der Waals surface area (Å²) in [6.45, 7) is 5.97. The largest absolute Gasteiger partial charge is 0.294 e. The van der Waals surface area contributed by atoms with Gasteiger partial charge in [0.25, 0.3) is 0 Å². The molecule has 1 unspecified atom stereocenters. The third kappa shape index (κ3) is 6.37. The van der Waals surface area contributed by atoms with Crippen molar-refractivity contribution in [3.05, 3.63) is 48.6 Å². The van der Waals surface area contributed by atoms with E-state index in [4.69, 9.17) is 0 Å². The number of unbranched alkanes of at least 4 members (excludes halogenated alkanes) is 2. The molecule has 0 aliphatic heterocycles. The molecule has 0 saturated carbocycles. The summed E-state index contributed by atoms with van der Waals surface area (Å²) in [7, 11) is 0. The smallest absolute Gasteiger partial charge is 0.163 e. The van der Waals surface area contributed by atoms with E-state index in [2.05, 4.69) is 13.5 Å². The molecule has 0 N–H and O–H groups in total. The lowest BCUT2D eigenvalue weighted by molar-refractivity contribution is 0.0955. The standard InChI is InChI=1S/C18H26O/c1-3-5-8-12-16(11-6-4-2)15-18(19)17-13-9-7-10-14-17/h3,7,9-10,13-14,16H,1,4-6,8,11-12,15H2,2H3. The van der Waals surface area contributed by atoms with E-state index in [0.29, 0.717) is 18.1 Å². The van der Waals surface area contributed by atoms with Gasteiger partial charge in [-0.2, -0.15) is 0 Å². The molecule has 0 aromatic heterocycles. The Hall–Kier alpha value is -1.37. The minimum Gasteiger partial charge on any atom is -0.294 e. The molecular weight excluding hydrogens is 232 g/mol. The molecule has 1 heteroatoms. The molecule has 0 amide bonds. The second kappa shape index (κ2) is 9.55. The average molecular weight is 258 g/mol. The van der Waals surface area contributed by atoms with Crippen LogP contribution in [0.3, 0.4) is 0 Å². The van der Waals surface area contributed by atoms with Gasteiger partial charge in [0.05, 0.1) is 0 Å². The van der Waals surface area contributed by atoms with Crippen molar-refractivity contribution in [3.8, 4) is 0 Å². The average Bonchev–Trinajstić information content (AvgIpc) is 2.45. The zero-order chi connectivity index (χ0) is 13.9. The topological polar surface area (TPSA) is 17.1 Å². The van der Waals surface area contributed by atoms with E-state index in [0.717, 1.165) is 24.8 Å². The van der Waals surface area contributed by atoms with Crippen LogP contribution in [0.1, 0.15) is 62.2 Å². The second-order valence-corrected chi connectivity index (χ2v) is 5.22. The van der Waals surface area contributed by atoms with E-state index in [9.17, 15) is 4.79 Å². The molecule has 1 nitrogen and oxygen atoms in total. The maximum Gasteiger partial charge on any atom is 0.163 e. The summed E-state index contributed by atoms with van der Waals surface area (Å²) < 4.78 is 0. The van der Waals surface area contributed by atoms with E-state index in [1.54, 1.807) is 0 Å². The zero-order valence-corrected chi connectivity index (χ0v) is 12.1. The second-order valence-electron chi connectivity index (χ2n) is 5.22. The van der Waals surface area contributed by atoms with Crippen molar-refractivity contribution in [2.24, 2.45) is 5.92 Å². The normalized spacial score (nSPS) is 12.1. The van der Waals surface area contributed by atoms with Crippen LogP contribution in [-0.2, 0) is 0 Å². The van der Waals surface area contributed by atoms with Crippen molar-refractivity contribution in [1.82, 2.24) is 0 Å². The first-order chi connectivity index (χ1) is 9.27. The third-order valence-corrected chi connectivity index (χ3v) is 3.56. The van der Waals surface area contributed by atoms with Gasteiger partial charge in [-0.1, -0.05) is 62.6 Å². The van der Waals surface area contributed by atoms with Gasteiger partial charge in [0.15, 0.2) is 5.78 Å². The summed E-state index contributed by atoms with van der Waals surface area (Å²) in [5.74, 6) is 0.827. The summed E-state index contributed by atoms with van der Waals surface area (Å²) in [5.41, 5.74) is 0.854. The van der Waals surface area contributed by atoms with Gasteiger partial charge in [0.2, 0.25) is 0 Å². The Bertz CT molecular complexity index is 367. The molecule has 1 aromatic carbocycles. The predicted octanol–water partition coefficient (Wildman–Crippen LogP) is 5.42. The van der Waals surface area contributed by atoms with Gasteiger partial charge in [-0.3, -0.25) is 4.79 Å². The zero-order valence-electron chi connectivity index (χ0n) is 12.1. The first-order valence-electron chi connectivity index (χ1n) is 7.47. The van der Waals surface area contributed by atoms with Crippen LogP contribution in [0.15, 0.2) is 43.0 Å². The van der Waals surface area contributed by atoms with Crippen LogP contribution in [0.25, 0.3) is 0 Å². The van der Waals surface area contributed by atoms with Crippen molar-refractivity contribution in [1.29, 1.82) is 0 Å². The van der Waals surface area contributed by atoms with E-state index in [-0.39, 0.29) is 0 Å². The Kier molecular flexibility index (Phi) is 7.88. The first kappa shape index (κ1) is 15.7. The molecule has 0 spiro atoms. The monoisotopic (exact) mass is 258 g/mol. The van der Waals surface area contributed by atoms with Crippen LogP contribution < -0.4 is 0 Å². The molecule has 1 aromatic rings. The summed E-state index contributed by atoms with van der Waals surface area (Å²) in [5, 5.41) is 0.